The van der Waals surface area contributed by atoms with Gasteiger partial charge >= 0.3 is 5.97 Å². The van der Waals surface area contributed by atoms with Crippen LogP contribution >= 0.6 is 0 Å². The normalized spacial score (nSPS) is 10.9. The molecule has 0 aliphatic carbocycles. The van der Waals surface area contributed by atoms with Crippen LogP contribution in [0.1, 0.15) is 22.8 Å². The fourth-order valence-electron chi connectivity index (χ4n) is 2.08. The molecule has 0 aliphatic rings. The Bertz CT molecular complexity index is 787. The third kappa shape index (κ3) is 5.17. The molecule has 5 nitrogen and oxygen atoms in total. The van der Waals surface area contributed by atoms with Crippen LogP contribution in [-0.2, 0) is 16.1 Å². The molecule has 130 valence electrons. The number of hydrogen-bond acceptors (Lipinski definition) is 4. The summed E-state index contributed by atoms with van der Waals surface area (Å²) >= 11 is 0. The molecule has 0 aliphatic heterocycles. The van der Waals surface area contributed by atoms with E-state index in [4.69, 9.17) is 4.74 Å². The molecule has 0 bridgehead atoms. The fraction of sp³-hybridized carbons (Fsp3) is 0.158. The molecule has 2 rings (SSSR count). The molecule has 0 saturated heterocycles. The summed E-state index contributed by atoms with van der Waals surface area (Å²) in [6.07, 6.45) is 1.13. The molecular formula is C19H18FNO4. The van der Waals surface area contributed by atoms with E-state index in [-0.39, 0.29) is 23.6 Å². The van der Waals surface area contributed by atoms with Crippen LogP contribution < -0.4 is 10.1 Å². The predicted molar refractivity (Wildman–Crippen MR) is 90.4 cm³/mol. The van der Waals surface area contributed by atoms with Gasteiger partial charge in [0.1, 0.15) is 6.61 Å². The molecule has 0 aromatic heterocycles. The van der Waals surface area contributed by atoms with Crippen molar-refractivity contribution in [1.29, 1.82) is 0 Å². The number of amides is 1. The SMILES string of the molecule is COC(=O)/C=C(\C)NC(=O)c1cccc(F)c1OCc1ccccc1. The second-order valence-corrected chi connectivity index (χ2v) is 5.20. The number of benzene rings is 2. The number of hydrogen-bond donors (Lipinski definition) is 1. The molecule has 2 aromatic rings. The maximum absolute atomic E-state index is 14.1. The van der Waals surface area contributed by atoms with Gasteiger partial charge < -0.3 is 14.8 Å². The maximum Gasteiger partial charge on any atom is 0.332 e. The molecule has 1 amide bonds. The standard InChI is InChI=1S/C19H18FNO4/c1-13(11-17(22)24-2)21-19(23)15-9-6-10-16(20)18(15)25-12-14-7-4-3-5-8-14/h3-11H,12H2,1-2H3,(H,21,23)/b13-11+. The Morgan fingerprint density at radius 2 is 1.84 bits per heavy atom. The Hall–Kier alpha value is -3.15. The van der Waals surface area contributed by atoms with E-state index in [0.717, 1.165) is 11.6 Å². The van der Waals surface area contributed by atoms with Crippen LogP contribution in [0, 0.1) is 5.82 Å². The Morgan fingerprint density at radius 1 is 1.12 bits per heavy atom. The van der Waals surface area contributed by atoms with Gasteiger partial charge in [0, 0.05) is 11.8 Å². The van der Waals surface area contributed by atoms with Gasteiger partial charge in [0.25, 0.3) is 5.91 Å². The van der Waals surface area contributed by atoms with Gasteiger partial charge in [-0.05, 0) is 24.6 Å². The van der Waals surface area contributed by atoms with Crippen LogP contribution in [0.2, 0.25) is 0 Å². The molecule has 2 aromatic carbocycles. The summed E-state index contributed by atoms with van der Waals surface area (Å²) in [4.78, 5) is 23.5. The number of nitrogens with one attached hydrogen (secondary N) is 1. The average Bonchev–Trinajstić information content (AvgIpc) is 2.61. The Labute approximate surface area is 145 Å². The number of carbonyl (C=O) groups is 2. The Kier molecular flexibility index (Phi) is 6.28. The first-order chi connectivity index (χ1) is 12.0. The highest BCUT2D eigenvalue weighted by atomic mass is 19.1. The summed E-state index contributed by atoms with van der Waals surface area (Å²) in [5.41, 5.74) is 1.16. The minimum atomic E-state index is -0.641. The van der Waals surface area contributed by atoms with Crippen molar-refractivity contribution in [3.63, 3.8) is 0 Å². The third-order valence-corrected chi connectivity index (χ3v) is 3.28. The third-order valence-electron chi connectivity index (χ3n) is 3.28. The van der Waals surface area contributed by atoms with Crippen LogP contribution in [0.15, 0.2) is 60.3 Å². The summed E-state index contributed by atoms with van der Waals surface area (Å²) in [5, 5.41) is 2.50. The lowest BCUT2D eigenvalue weighted by Crippen LogP contribution is -2.23. The molecule has 25 heavy (non-hydrogen) atoms. The predicted octanol–water partition coefficient (Wildman–Crippen LogP) is 3.21. The summed E-state index contributed by atoms with van der Waals surface area (Å²) in [5.74, 6) is -1.97. The number of ether oxygens (including phenoxy) is 2. The zero-order valence-electron chi connectivity index (χ0n) is 13.9. The summed E-state index contributed by atoms with van der Waals surface area (Å²) in [6, 6.07) is 13.3. The summed E-state index contributed by atoms with van der Waals surface area (Å²) in [7, 11) is 1.23. The largest absolute Gasteiger partial charge is 0.485 e. The Balaban J connectivity index is 2.17. The van der Waals surface area contributed by atoms with Crippen molar-refractivity contribution >= 4 is 11.9 Å². The van der Waals surface area contributed by atoms with Crippen LogP contribution in [0.5, 0.6) is 5.75 Å². The molecule has 0 fully saturated rings. The van der Waals surface area contributed by atoms with Crippen LogP contribution in [0.4, 0.5) is 4.39 Å². The molecular weight excluding hydrogens is 325 g/mol. The number of halogens is 1. The van der Waals surface area contributed by atoms with Crippen molar-refractivity contribution in [2.45, 2.75) is 13.5 Å². The van der Waals surface area contributed by atoms with Crippen molar-refractivity contribution in [3.8, 4) is 5.75 Å². The Morgan fingerprint density at radius 3 is 2.52 bits per heavy atom. The molecule has 0 heterocycles. The number of allylic oxidation sites excluding steroid dienone is 1. The van der Waals surface area contributed by atoms with Gasteiger partial charge in [0.05, 0.1) is 12.7 Å². The molecule has 0 atom stereocenters. The smallest absolute Gasteiger partial charge is 0.332 e. The average molecular weight is 343 g/mol. The topological polar surface area (TPSA) is 64.6 Å². The zero-order chi connectivity index (χ0) is 18.2. The first kappa shape index (κ1) is 18.2. The highest BCUT2D eigenvalue weighted by Crippen LogP contribution is 2.24. The molecule has 0 radical (unpaired) electrons. The molecule has 0 spiro atoms. The van der Waals surface area contributed by atoms with Gasteiger partial charge in [-0.25, -0.2) is 9.18 Å². The second-order valence-electron chi connectivity index (χ2n) is 5.20. The number of carbonyl (C=O) groups excluding carboxylic acids is 2. The van der Waals surface area contributed by atoms with E-state index in [2.05, 4.69) is 10.1 Å². The fourth-order valence-corrected chi connectivity index (χ4v) is 2.08. The summed E-state index contributed by atoms with van der Waals surface area (Å²) < 4.78 is 24.1. The van der Waals surface area contributed by atoms with Crippen molar-refractivity contribution in [3.05, 3.63) is 77.2 Å². The van der Waals surface area contributed by atoms with E-state index < -0.39 is 17.7 Å². The quantitative estimate of drug-likeness (QED) is 0.646. The van der Waals surface area contributed by atoms with E-state index in [1.54, 1.807) is 0 Å². The number of methoxy groups -OCH3 is 1. The van der Waals surface area contributed by atoms with Gasteiger partial charge in [0.15, 0.2) is 11.6 Å². The van der Waals surface area contributed by atoms with Gasteiger partial charge in [0.2, 0.25) is 0 Å². The van der Waals surface area contributed by atoms with E-state index in [1.165, 1.54) is 32.2 Å². The monoisotopic (exact) mass is 343 g/mol. The van der Waals surface area contributed by atoms with Crippen LogP contribution in [0.3, 0.4) is 0 Å². The van der Waals surface area contributed by atoms with E-state index >= 15 is 0 Å². The number of rotatable bonds is 6. The van der Waals surface area contributed by atoms with Crippen molar-refractivity contribution in [2.24, 2.45) is 0 Å². The van der Waals surface area contributed by atoms with Gasteiger partial charge in [-0.3, -0.25) is 4.79 Å². The lowest BCUT2D eigenvalue weighted by atomic mass is 10.1. The van der Waals surface area contributed by atoms with Gasteiger partial charge in [-0.1, -0.05) is 36.4 Å². The van der Waals surface area contributed by atoms with Crippen molar-refractivity contribution in [1.82, 2.24) is 5.32 Å². The number of para-hydroxylation sites is 1. The van der Waals surface area contributed by atoms with E-state index in [9.17, 15) is 14.0 Å². The highest BCUT2D eigenvalue weighted by Gasteiger charge is 2.17. The maximum atomic E-state index is 14.1. The van der Waals surface area contributed by atoms with Gasteiger partial charge in [-0.2, -0.15) is 0 Å². The van der Waals surface area contributed by atoms with Crippen LogP contribution in [-0.4, -0.2) is 19.0 Å². The first-order valence-corrected chi connectivity index (χ1v) is 7.54. The second kappa shape index (κ2) is 8.63. The minimum absolute atomic E-state index is 0.0357. The molecule has 0 saturated carbocycles. The zero-order valence-corrected chi connectivity index (χ0v) is 13.9. The van der Waals surface area contributed by atoms with E-state index in [0.29, 0.717) is 0 Å². The van der Waals surface area contributed by atoms with E-state index in [1.807, 2.05) is 30.3 Å². The van der Waals surface area contributed by atoms with Gasteiger partial charge in [-0.15, -0.1) is 0 Å². The van der Waals surface area contributed by atoms with Crippen molar-refractivity contribution in [2.75, 3.05) is 7.11 Å². The molecule has 0 unspecified atom stereocenters. The van der Waals surface area contributed by atoms with Crippen molar-refractivity contribution < 1.29 is 23.5 Å². The minimum Gasteiger partial charge on any atom is -0.485 e. The summed E-state index contributed by atoms with van der Waals surface area (Å²) in [6.45, 7) is 1.65. The lowest BCUT2D eigenvalue weighted by Gasteiger charge is -2.13. The highest BCUT2D eigenvalue weighted by molar-refractivity contribution is 5.98. The van der Waals surface area contributed by atoms with Crippen LogP contribution in [0.25, 0.3) is 0 Å². The molecule has 6 heteroatoms. The molecule has 1 N–H and O–H groups in total. The lowest BCUT2D eigenvalue weighted by molar-refractivity contribution is -0.134. The number of esters is 1. The first-order valence-electron chi connectivity index (χ1n) is 7.54.